The first-order valence-corrected chi connectivity index (χ1v) is 9.13. The third-order valence-corrected chi connectivity index (χ3v) is 4.97. The van der Waals surface area contributed by atoms with Gasteiger partial charge in [-0.2, -0.15) is 0 Å². The van der Waals surface area contributed by atoms with E-state index < -0.39 is 0 Å². The summed E-state index contributed by atoms with van der Waals surface area (Å²) in [7, 11) is 0. The first-order valence-electron chi connectivity index (χ1n) is 9.13. The molecule has 5 heteroatoms. The lowest BCUT2D eigenvalue weighted by Gasteiger charge is -2.19. The number of nitrogens with one attached hydrogen (secondary N) is 3. The number of carbonyl (C=O) groups excluding carboxylic acids is 2. The van der Waals surface area contributed by atoms with Gasteiger partial charge in [-0.25, -0.2) is 10.2 Å². The molecule has 0 heterocycles. The highest BCUT2D eigenvalue weighted by molar-refractivity contribution is 5.87. The molecule has 0 spiro atoms. The maximum atomic E-state index is 12.6. The molecule has 1 aliphatic carbocycles. The second-order valence-corrected chi connectivity index (χ2v) is 6.68. The molecule has 26 heavy (non-hydrogen) atoms. The van der Waals surface area contributed by atoms with Gasteiger partial charge in [-0.3, -0.25) is 10.2 Å². The highest BCUT2D eigenvalue weighted by atomic mass is 16.2. The summed E-state index contributed by atoms with van der Waals surface area (Å²) in [5, 5.41) is 2.72. The summed E-state index contributed by atoms with van der Waals surface area (Å²) >= 11 is 0. The Hall–Kier alpha value is -2.82. The largest absolute Gasteiger partial charge is 0.337 e. The maximum Gasteiger partial charge on any atom is 0.333 e. The summed E-state index contributed by atoms with van der Waals surface area (Å²) in [6, 6.07) is 19.8. The molecule has 3 rings (SSSR count). The molecule has 5 nitrogen and oxygen atoms in total. The van der Waals surface area contributed by atoms with Gasteiger partial charge in [0.15, 0.2) is 0 Å². The summed E-state index contributed by atoms with van der Waals surface area (Å²) in [5.41, 5.74) is 6.94. The zero-order valence-corrected chi connectivity index (χ0v) is 15.0. The van der Waals surface area contributed by atoms with Gasteiger partial charge in [0, 0.05) is 12.0 Å². The van der Waals surface area contributed by atoms with Gasteiger partial charge in [0.25, 0.3) is 0 Å². The minimum Gasteiger partial charge on any atom is -0.337 e. The van der Waals surface area contributed by atoms with Gasteiger partial charge in [-0.15, -0.1) is 0 Å². The van der Waals surface area contributed by atoms with E-state index in [0.29, 0.717) is 6.54 Å². The topological polar surface area (TPSA) is 70.2 Å². The van der Waals surface area contributed by atoms with Crippen molar-refractivity contribution in [3.05, 3.63) is 71.8 Å². The number of hydrogen-bond donors (Lipinski definition) is 3. The van der Waals surface area contributed by atoms with Crippen LogP contribution >= 0.6 is 0 Å². The van der Waals surface area contributed by atoms with Gasteiger partial charge < -0.3 is 5.32 Å². The quantitative estimate of drug-likeness (QED) is 0.553. The summed E-state index contributed by atoms with van der Waals surface area (Å²) < 4.78 is 0. The van der Waals surface area contributed by atoms with E-state index in [1.165, 1.54) is 0 Å². The van der Waals surface area contributed by atoms with Crippen LogP contribution in [0.1, 0.15) is 37.3 Å². The van der Waals surface area contributed by atoms with E-state index in [2.05, 4.69) is 47.4 Å². The van der Waals surface area contributed by atoms with Gasteiger partial charge in [0.1, 0.15) is 0 Å². The molecule has 2 aromatic carbocycles. The van der Waals surface area contributed by atoms with Crippen LogP contribution in [-0.2, 0) is 10.2 Å². The first-order chi connectivity index (χ1) is 12.7. The average molecular weight is 351 g/mol. The fourth-order valence-corrected chi connectivity index (χ4v) is 3.48. The molecule has 1 aliphatic rings. The molecule has 136 valence electrons. The van der Waals surface area contributed by atoms with Crippen molar-refractivity contribution >= 4 is 11.9 Å². The van der Waals surface area contributed by atoms with Crippen LogP contribution in [-0.4, -0.2) is 18.5 Å². The maximum absolute atomic E-state index is 12.6. The van der Waals surface area contributed by atoms with Crippen LogP contribution in [0.5, 0.6) is 0 Å². The molecule has 0 bridgehead atoms. The zero-order chi connectivity index (χ0) is 18.4. The van der Waals surface area contributed by atoms with Crippen molar-refractivity contribution in [1.29, 1.82) is 0 Å². The minimum atomic E-state index is -0.377. The Morgan fingerprint density at radius 1 is 0.962 bits per heavy atom. The minimum absolute atomic E-state index is 0.164. The van der Waals surface area contributed by atoms with Crippen LogP contribution in [0.4, 0.5) is 4.79 Å². The lowest BCUT2D eigenvalue weighted by atomic mass is 9.85. The number of rotatable bonds is 6. The third kappa shape index (κ3) is 3.72. The molecule has 0 aromatic heterocycles. The van der Waals surface area contributed by atoms with E-state index in [4.69, 9.17) is 0 Å². The van der Waals surface area contributed by atoms with Crippen LogP contribution in [0.2, 0.25) is 0 Å². The van der Waals surface area contributed by atoms with Gasteiger partial charge >= 0.3 is 6.03 Å². The van der Waals surface area contributed by atoms with Crippen LogP contribution in [0.3, 0.4) is 0 Å². The molecule has 2 aromatic rings. The first kappa shape index (κ1) is 18.0. The monoisotopic (exact) mass is 351 g/mol. The van der Waals surface area contributed by atoms with Crippen molar-refractivity contribution in [3.63, 3.8) is 0 Å². The number of hydrogen-bond acceptors (Lipinski definition) is 2. The summed E-state index contributed by atoms with van der Waals surface area (Å²) in [5.74, 6) is -0.369. The lowest BCUT2D eigenvalue weighted by Crippen LogP contribution is -2.48. The molecule has 3 amide bonds. The standard InChI is InChI=1S/C21H25N3O2/c1-2-3-14-22-20(26)24-23-19(25)18-15-21(18,16-10-6-4-7-11-16)17-12-8-5-9-13-17/h4-13,18H,2-3,14-15H2,1H3,(H,23,25)(H2,22,24,26)/t18-/m1/s1. The highest BCUT2D eigenvalue weighted by Gasteiger charge is 2.60. The van der Waals surface area contributed by atoms with Crippen molar-refractivity contribution in [2.75, 3.05) is 6.54 Å². The molecule has 1 fully saturated rings. The summed E-state index contributed by atoms with van der Waals surface area (Å²) in [6.07, 6.45) is 2.65. The van der Waals surface area contributed by atoms with Crippen molar-refractivity contribution in [1.82, 2.24) is 16.2 Å². The predicted molar refractivity (Wildman–Crippen MR) is 101 cm³/mol. The Bertz CT molecular complexity index is 707. The van der Waals surface area contributed by atoms with E-state index in [1.807, 2.05) is 36.4 Å². The fraction of sp³-hybridized carbons (Fsp3) is 0.333. The Kier molecular flexibility index (Phi) is 5.56. The second kappa shape index (κ2) is 8.04. The number of amides is 3. The molecule has 0 unspecified atom stereocenters. The number of hydrazine groups is 1. The molecule has 3 N–H and O–H groups in total. The van der Waals surface area contributed by atoms with Crippen molar-refractivity contribution in [2.24, 2.45) is 5.92 Å². The van der Waals surface area contributed by atoms with Crippen LogP contribution in [0, 0.1) is 5.92 Å². The van der Waals surface area contributed by atoms with Crippen molar-refractivity contribution < 1.29 is 9.59 Å². The normalized spacial score (nSPS) is 17.2. The molecular weight excluding hydrogens is 326 g/mol. The Labute approximate surface area is 154 Å². The molecular formula is C21H25N3O2. The Morgan fingerprint density at radius 2 is 1.54 bits per heavy atom. The summed E-state index contributed by atoms with van der Waals surface area (Å²) in [6.45, 7) is 2.65. The van der Waals surface area contributed by atoms with E-state index in [9.17, 15) is 9.59 Å². The van der Waals surface area contributed by atoms with E-state index >= 15 is 0 Å². The lowest BCUT2D eigenvalue weighted by molar-refractivity contribution is -0.123. The number of benzene rings is 2. The number of unbranched alkanes of at least 4 members (excludes halogenated alkanes) is 1. The van der Waals surface area contributed by atoms with Crippen molar-refractivity contribution in [3.8, 4) is 0 Å². The fourth-order valence-electron chi connectivity index (χ4n) is 3.48. The van der Waals surface area contributed by atoms with Gasteiger partial charge in [0.2, 0.25) is 5.91 Å². The molecule has 0 saturated heterocycles. The van der Waals surface area contributed by atoms with E-state index in [0.717, 1.165) is 30.4 Å². The third-order valence-electron chi connectivity index (χ3n) is 4.97. The van der Waals surface area contributed by atoms with E-state index in [-0.39, 0.29) is 23.3 Å². The van der Waals surface area contributed by atoms with Crippen LogP contribution < -0.4 is 16.2 Å². The highest BCUT2D eigenvalue weighted by Crippen LogP contribution is 2.58. The molecule has 1 saturated carbocycles. The van der Waals surface area contributed by atoms with Crippen molar-refractivity contribution in [2.45, 2.75) is 31.6 Å². The predicted octanol–water partition coefficient (Wildman–Crippen LogP) is 3.12. The van der Waals surface area contributed by atoms with Gasteiger partial charge in [-0.1, -0.05) is 74.0 Å². The van der Waals surface area contributed by atoms with E-state index in [1.54, 1.807) is 0 Å². The van der Waals surface area contributed by atoms with Gasteiger partial charge in [0.05, 0.1) is 5.92 Å². The van der Waals surface area contributed by atoms with Crippen LogP contribution in [0.25, 0.3) is 0 Å². The van der Waals surface area contributed by atoms with Gasteiger partial charge in [-0.05, 0) is 24.0 Å². The SMILES string of the molecule is CCCCNC(=O)NNC(=O)[C@H]1CC1(c1ccccc1)c1ccccc1. The zero-order valence-electron chi connectivity index (χ0n) is 15.0. The molecule has 1 atom stereocenters. The smallest absolute Gasteiger partial charge is 0.333 e. The Morgan fingerprint density at radius 3 is 2.08 bits per heavy atom. The molecule has 0 radical (unpaired) electrons. The Balaban J connectivity index is 1.68. The number of urea groups is 1. The average Bonchev–Trinajstić information content (AvgIpc) is 3.45. The number of carbonyl (C=O) groups is 2. The molecule has 0 aliphatic heterocycles. The second-order valence-electron chi connectivity index (χ2n) is 6.68. The summed E-state index contributed by atoms with van der Waals surface area (Å²) in [4.78, 5) is 24.4. The van der Waals surface area contributed by atoms with Crippen LogP contribution in [0.15, 0.2) is 60.7 Å².